The van der Waals surface area contributed by atoms with Crippen LogP contribution in [0.1, 0.15) is 53.1 Å². The van der Waals surface area contributed by atoms with E-state index in [2.05, 4.69) is 26.5 Å². The average Bonchev–Trinajstić information content (AvgIpc) is 3.36. The lowest BCUT2D eigenvalue weighted by molar-refractivity contribution is 0.0689. The van der Waals surface area contributed by atoms with Crippen LogP contribution in [0.4, 0.5) is 0 Å². The summed E-state index contributed by atoms with van der Waals surface area (Å²) in [5.74, 6) is 1.15. The largest absolute Gasteiger partial charge is 0.338 e. The van der Waals surface area contributed by atoms with Gasteiger partial charge in [0.25, 0.3) is 11.8 Å². The lowest BCUT2D eigenvalue weighted by atomic mass is 10.0. The Morgan fingerprint density at radius 3 is 2.54 bits per heavy atom. The molecule has 1 saturated heterocycles. The first-order valence-electron chi connectivity index (χ1n) is 9.66. The molecule has 0 radical (unpaired) electrons. The monoisotopic (exact) mass is 380 g/mol. The first kappa shape index (κ1) is 18.3. The highest BCUT2D eigenvalue weighted by molar-refractivity contribution is 5.94. The van der Waals surface area contributed by atoms with Gasteiger partial charge in [-0.2, -0.15) is 4.98 Å². The van der Waals surface area contributed by atoms with Gasteiger partial charge in [-0.05, 0) is 38.8 Å². The zero-order valence-electron chi connectivity index (χ0n) is 16.4. The Kier molecular flexibility index (Phi) is 4.93. The third-order valence-electron chi connectivity index (χ3n) is 5.11. The van der Waals surface area contributed by atoms with Crippen molar-refractivity contribution in [3.05, 3.63) is 46.9 Å². The third-order valence-corrected chi connectivity index (χ3v) is 5.11. The molecule has 0 atom stereocenters. The zero-order chi connectivity index (χ0) is 19.7. The number of benzene rings is 1. The minimum Gasteiger partial charge on any atom is -0.338 e. The van der Waals surface area contributed by atoms with Crippen molar-refractivity contribution in [3.8, 4) is 11.6 Å². The number of likely N-dealkylation sites (tertiary alicyclic amines) is 1. The van der Waals surface area contributed by atoms with Crippen molar-refractivity contribution in [3.63, 3.8) is 0 Å². The van der Waals surface area contributed by atoms with E-state index in [0.29, 0.717) is 36.9 Å². The number of hydrogen-bond donors (Lipinski definition) is 0. The van der Waals surface area contributed by atoms with Crippen molar-refractivity contribution in [2.24, 2.45) is 0 Å². The Morgan fingerprint density at radius 1 is 1.18 bits per heavy atom. The van der Waals surface area contributed by atoms with Gasteiger partial charge in [0.15, 0.2) is 11.5 Å². The topological polar surface area (TPSA) is 89.9 Å². The third kappa shape index (κ3) is 3.67. The molecule has 2 aromatic heterocycles. The summed E-state index contributed by atoms with van der Waals surface area (Å²) in [4.78, 5) is 19.0. The van der Waals surface area contributed by atoms with E-state index in [9.17, 15) is 4.79 Å². The summed E-state index contributed by atoms with van der Waals surface area (Å²) in [6.07, 6.45) is 4.23. The van der Waals surface area contributed by atoms with Gasteiger partial charge >= 0.3 is 0 Å². The van der Waals surface area contributed by atoms with E-state index in [0.717, 1.165) is 29.5 Å². The lowest BCUT2D eigenvalue weighted by Gasteiger charge is -2.32. The lowest BCUT2D eigenvalue weighted by Crippen LogP contribution is -2.39. The Hall–Kier alpha value is -3.03. The number of amides is 1. The van der Waals surface area contributed by atoms with Crippen LogP contribution in [0.3, 0.4) is 0 Å². The van der Waals surface area contributed by atoms with Crippen LogP contribution < -0.4 is 0 Å². The van der Waals surface area contributed by atoms with E-state index in [1.54, 1.807) is 0 Å². The minimum absolute atomic E-state index is 0.0995. The molecular formula is C20H24N6O2. The Labute approximate surface area is 163 Å². The number of piperidine rings is 1. The molecule has 4 rings (SSSR count). The number of carbonyl (C=O) groups excluding carboxylic acids is 1. The normalized spacial score (nSPS) is 15.2. The predicted molar refractivity (Wildman–Crippen MR) is 103 cm³/mol. The number of hydrogen-bond acceptors (Lipinski definition) is 6. The van der Waals surface area contributed by atoms with Crippen LogP contribution in [0.15, 0.2) is 28.9 Å². The van der Waals surface area contributed by atoms with Crippen LogP contribution >= 0.6 is 0 Å². The number of carbonyl (C=O) groups is 1. The van der Waals surface area contributed by atoms with Crippen molar-refractivity contribution >= 4 is 5.91 Å². The molecule has 0 N–H and O–H groups in total. The van der Waals surface area contributed by atoms with E-state index in [4.69, 9.17) is 4.52 Å². The Bertz CT molecular complexity index is 964. The molecule has 0 bridgehead atoms. The quantitative estimate of drug-likeness (QED) is 0.691. The molecule has 1 aliphatic rings. The SMILES string of the molecule is CCc1noc(-c2cn(C3CCN(C(=O)c4cc(C)cc(C)c4)CC3)nn2)n1. The highest BCUT2D eigenvalue weighted by atomic mass is 16.5. The molecule has 3 aromatic rings. The van der Waals surface area contributed by atoms with Crippen LogP contribution in [0, 0.1) is 13.8 Å². The summed E-state index contributed by atoms with van der Waals surface area (Å²) >= 11 is 0. The maximum absolute atomic E-state index is 12.8. The molecule has 28 heavy (non-hydrogen) atoms. The zero-order valence-corrected chi connectivity index (χ0v) is 16.4. The summed E-state index contributed by atoms with van der Waals surface area (Å²) in [5.41, 5.74) is 3.57. The molecule has 8 heteroatoms. The summed E-state index contributed by atoms with van der Waals surface area (Å²) in [7, 11) is 0. The minimum atomic E-state index is 0.0995. The maximum atomic E-state index is 12.8. The highest BCUT2D eigenvalue weighted by Crippen LogP contribution is 2.25. The summed E-state index contributed by atoms with van der Waals surface area (Å²) < 4.78 is 7.08. The molecule has 8 nitrogen and oxygen atoms in total. The standard InChI is InChI=1S/C20H24N6O2/c1-4-18-21-19(28-23-18)17-12-26(24-22-17)16-5-7-25(8-6-16)20(27)15-10-13(2)9-14(3)11-15/h9-12,16H,4-8H2,1-3H3. The van der Waals surface area contributed by atoms with Crippen molar-refractivity contribution in [2.75, 3.05) is 13.1 Å². The van der Waals surface area contributed by atoms with E-state index in [1.165, 1.54) is 0 Å². The summed E-state index contributed by atoms with van der Waals surface area (Å²) in [5, 5.41) is 12.3. The van der Waals surface area contributed by atoms with Crippen molar-refractivity contribution < 1.29 is 9.32 Å². The smallest absolute Gasteiger partial charge is 0.280 e. The maximum Gasteiger partial charge on any atom is 0.280 e. The van der Waals surface area contributed by atoms with Crippen LogP contribution in [0.5, 0.6) is 0 Å². The molecule has 0 saturated carbocycles. The Morgan fingerprint density at radius 2 is 1.89 bits per heavy atom. The van der Waals surface area contributed by atoms with E-state index in [1.807, 2.05) is 48.7 Å². The number of rotatable bonds is 4. The van der Waals surface area contributed by atoms with Gasteiger partial charge in [0, 0.05) is 25.1 Å². The first-order valence-corrected chi connectivity index (χ1v) is 9.66. The van der Waals surface area contributed by atoms with Gasteiger partial charge < -0.3 is 9.42 Å². The number of aryl methyl sites for hydroxylation is 3. The van der Waals surface area contributed by atoms with Gasteiger partial charge in [0.1, 0.15) is 0 Å². The summed E-state index contributed by atoms with van der Waals surface area (Å²) in [6.45, 7) is 7.41. The molecule has 1 fully saturated rings. The van der Waals surface area contributed by atoms with Gasteiger partial charge in [-0.3, -0.25) is 4.79 Å². The second kappa shape index (κ2) is 7.53. The molecule has 0 unspecified atom stereocenters. The molecule has 3 heterocycles. The van der Waals surface area contributed by atoms with Crippen LogP contribution in [-0.4, -0.2) is 49.0 Å². The second-order valence-electron chi connectivity index (χ2n) is 7.35. The first-order chi connectivity index (χ1) is 13.5. The predicted octanol–water partition coefficient (Wildman–Crippen LogP) is 2.98. The fraction of sp³-hybridized carbons (Fsp3) is 0.450. The van der Waals surface area contributed by atoms with Crippen molar-refractivity contribution in [1.29, 1.82) is 0 Å². The van der Waals surface area contributed by atoms with Crippen molar-refractivity contribution in [1.82, 2.24) is 30.0 Å². The molecule has 0 aliphatic carbocycles. The molecule has 1 aliphatic heterocycles. The Balaban J connectivity index is 1.41. The molecule has 146 valence electrons. The van der Waals surface area contributed by atoms with Gasteiger partial charge in [-0.15, -0.1) is 5.10 Å². The fourth-order valence-electron chi connectivity index (χ4n) is 3.67. The number of aromatic nitrogens is 5. The fourth-order valence-corrected chi connectivity index (χ4v) is 3.67. The van der Waals surface area contributed by atoms with Gasteiger partial charge in [0.05, 0.1) is 12.2 Å². The van der Waals surface area contributed by atoms with Crippen LogP contribution in [0.2, 0.25) is 0 Å². The molecule has 0 spiro atoms. The van der Waals surface area contributed by atoms with E-state index < -0.39 is 0 Å². The molecule has 1 amide bonds. The summed E-state index contributed by atoms with van der Waals surface area (Å²) in [6, 6.07) is 6.20. The average molecular weight is 380 g/mol. The van der Waals surface area contributed by atoms with Crippen LogP contribution in [-0.2, 0) is 6.42 Å². The highest BCUT2D eigenvalue weighted by Gasteiger charge is 2.26. The van der Waals surface area contributed by atoms with Gasteiger partial charge in [-0.1, -0.05) is 34.5 Å². The molecular weight excluding hydrogens is 356 g/mol. The van der Waals surface area contributed by atoms with Gasteiger partial charge in [0.2, 0.25) is 0 Å². The molecule has 1 aromatic carbocycles. The van der Waals surface area contributed by atoms with E-state index in [-0.39, 0.29) is 11.9 Å². The number of nitrogens with zero attached hydrogens (tertiary/aromatic N) is 6. The van der Waals surface area contributed by atoms with Crippen LogP contribution in [0.25, 0.3) is 11.6 Å². The second-order valence-corrected chi connectivity index (χ2v) is 7.35. The van der Waals surface area contributed by atoms with E-state index >= 15 is 0 Å². The van der Waals surface area contributed by atoms with Crippen molar-refractivity contribution in [2.45, 2.75) is 46.1 Å². The van der Waals surface area contributed by atoms with Gasteiger partial charge in [-0.25, -0.2) is 4.68 Å².